The molecule has 6 nitrogen and oxygen atoms in total. The van der Waals surface area contributed by atoms with Crippen molar-refractivity contribution in [1.29, 1.82) is 0 Å². The molecule has 1 aromatic heterocycles. The predicted molar refractivity (Wildman–Crippen MR) is 115 cm³/mol. The van der Waals surface area contributed by atoms with E-state index in [0.29, 0.717) is 12.3 Å². The summed E-state index contributed by atoms with van der Waals surface area (Å²) in [5.74, 6) is 0.709. The third-order valence-electron chi connectivity index (χ3n) is 6.82. The quantitative estimate of drug-likeness (QED) is 0.363. The number of hydrogen-bond acceptors (Lipinski definition) is 6. The third kappa shape index (κ3) is 5.30. The van der Waals surface area contributed by atoms with Crippen LogP contribution in [0.5, 0.6) is 0 Å². The van der Waals surface area contributed by atoms with Crippen molar-refractivity contribution in [3.05, 3.63) is 39.7 Å². The fraction of sp³-hybridized carbons (Fsp3) is 0.773. The Kier molecular flexibility index (Phi) is 7.43. The fourth-order valence-corrected chi connectivity index (χ4v) is 6.37. The number of nitrogens with zero attached hydrogens (tertiary/aromatic N) is 2. The number of rotatable bonds is 7. The SMILES string of the molecule is O=[N+]([O-])C1CCCCC1SNC1CCC(OCC2CCCCC2)c2cccnc21. The van der Waals surface area contributed by atoms with Crippen molar-refractivity contribution in [1.82, 2.24) is 9.71 Å². The molecule has 3 aliphatic carbocycles. The smallest absolute Gasteiger partial charge is 0.226 e. The lowest BCUT2D eigenvalue weighted by Crippen LogP contribution is -2.37. The maximum Gasteiger partial charge on any atom is 0.226 e. The average Bonchev–Trinajstić information content (AvgIpc) is 2.77. The molecule has 7 heteroatoms. The molecular weight excluding hydrogens is 386 g/mol. The van der Waals surface area contributed by atoms with Gasteiger partial charge in [-0.1, -0.05) is 43.7 Å². The maximum absolute atomic E-state index is 11.4. The van der Waals surface area contributed by atoms with E-state index in [9.17, 15) is 10.1 Å². The Hall–Kier alpha value is -1.18. The van der Waals surface area contributed by atoms with Gasteiger partial charge in [0, 0.05) is 23.1 Å². The number of nitro groups is 1. The molecule has 1 N–H and O–H groups in total. The summed E-state index contributed by atoms with van der Waals surface area (Å²) < 4.78 is 9.93. The van der Waals surface area contributed by atoms with Crippen LogP contribution >= 0.6 is 11.9 Å². The third-order valence-corrected chi connectivity index (χ3v) is 8.10. The van der Waals surface area contributed by atoms with Crippen molar-refractivity contribution < 1.29 is 9.66 Å². The predicted octanol–water partition coefficient (Wildman–Crippen LogP) is 5.38. The molecule has 3 aliphatic rings. The van der Waals surface area contributed by atoms with Gasteiger partial charge in [-0.2, -0.15) is 0 Å². The summed E-state index contributed by atoms with van der Waals surface area (Å²) in [5.41, 5.74) is 2.26. The molecule has 160 valence electrons. The van der Waals surface area contributed by atoms with Gasteiger partial charge < -0.3 is 4.74 Å². The van der Waals surface area contributed by atoms with E-state index in [1.807, 2.05) is 12.3 Å². The number of hydrogen-bond donors (Lipinski definition) is 1. The lowest BCUT2D eigenvalue weighted by atomic mass is 9.88. The van der Waals surface area contributed by atoms with E-state index in [1.165, 1.54) is 37.7 Å². The summed E-state index contributed by atoms with van der Waals surface area (Å²) in [6.07, 6.45) is 14.2. The molecule has 4 rings (SSSR count). The van der Waals surface area contributed by atoms with E-state index in [2.05, 4.69) is 15.8 Å². The molecule has 0 spiro atoms. The van der Waals surface area contributed by atoms with Crippen molar-refractivity contribution >= 4 is 11.9 Å². The van der Waals surface area contributed by atoms with Gasteiger partial charge >= 0.3 is 0 Å². The van der Waals surface area contributed by atoms with Crippen molar-refractivity contribution in [3.8, 4) is 0 Å². The van der Waals surface area contributed by atoms with Gasteiger partial charge in [-0.15, -0.1) is 0 Å². The van der Waals surface area contributed by atoms with Gasteiger partial charge in [0.05, 0.1) is 29.7 Å². The Balaban J connectivity index is 1.36. The van der Waals surface area contributed by atoms with Crippen LogP contribution in [-0.2, 0) is 4.74 Å². The van der Waals surface area contributed by atoms with Gasteiger partial charge in [-0.05, 0) is 50.5 Å². The van der Waals surface area contributed by atoms with Crippen LogP contribution in [-0.4, -0.2) is 27.8 Å². The Labute approximate surface area is 177 Å². The molecule has 0 aromatic carbocycles. The van der Waals surface area contributed by atoms with Crippen LogP contribution in [0.15, 0.2) is 18.3 Å². The van der Waals surface area contributed by atoms with E-state index in [4.69, 9.17) is 4.74 Å². The zero-order valence-corrected chi connectivity index (χ0v) is 17.9. The fourth-order valence-electron chi connectivity index (χ4n) is 5.12. The normalized spacial score (nSPS) is 30.6. The standard InChI is InChI=1S/C22H33N3O3S/c26-25(27)19-10-4-5-11-21(19)29-24-18-12-13-20(17-9-6-14-23-22(17)18)28-15-16-7-2-1-3-8-16/h6,9,14,16,18-21,24H,1-5,7-8,10-13,15H2. The average molecular weight is 420 g/mol. The number of nitrogens with one attached hydrogen (secondary N) is 1. The number of ether oxygens (including phenoxy) is 1. The largest absolute Gasteiger partial charge is 0.373 e. The van der Waals surface area contributed by atoms with Crippen LogP contribution < -0.4 is 4.72 Å². The number of pyridine rings is 1. The van der Waals surface area contributed by atoms with Crippen LogP contribution in [0.1, 0.15) is 94.0 Å². The highest BCUT2D eigenvalue weighted by Gasteiger charge is 2.36. The van der Waals surface area contributed by atoms with E-state index < -0.39 is 6.04 Å². The summed E-state index contributed by atoms with van der Waals surface area (Å²) in [5, 5.41) is 11.4. The maximum atomic E-state index is 11.4. The van der Waals surface area contributed by atoms with Crippen molar-refractivity contribution in [2.75, 3.05) is 6.61 Å². The topological polar surface area (TPSA) is 77.3 Å². The molecule has 2 fully saturated rings. The molecule has 1 heterocycles. The first-order chi connectivity index (χ1) is 14.2. The molecule has 2 saturated carbocycles. The minimum atomic E-state index is -0.431. The van der Waals surface area contributed by atoms with E-state index in [1.54, 1.807) is 11.9 Å². The first kappa shape index (κ1) is 21.1. The number of aromatic nitrogens is 1. The Morgan fingerprint density at radius 3 is 2.72 bits per heavy atom. The highest BCUT2D eigenvalue weighted by atomic mass is 32.2. The highest BCUT2D eigenvalue weighted by Crippen LogP contribution is 2.40. The minimum Gasteiger partial charge on any atom is -0.373 e. The zero-order chi connectivity index (χ0) is 20.1. The molecule has 4 atom stereocenters. The second-order valence-electron chi connectivity index (χ2n) is 8.85. The van der Waals surface area contributed by atoms with E-state index in [-0.39, 0.29) is 22.3 Å². The molecule has 0 amide bonds. The van der Waals surface area contributed by atoms with Gasteiger partial charge in [0.15, 0.2) is 0 Å². The Bertz CT molecular complexity index is 683. The van der Waals surface area contributed by atoms with Crippen LogP contribution in [0.4, 0.5) is 0 Å². The molecule has 0 radical (unpaired) electrons. The van der Waals surface area contributed by atoms with Gasteiger partial charge in [-0.25, -0.2) is 0 Å². The van der Waals surface area contributed by atoms with Gasteiger partial charge in [0.2, 0.25) is 6.04 Å². The van der Waals surface area contributed by atoms with Gasteiger partial charge in [-0.3, -0.25) is 19.8 Å². The second kappa shape index (κ2) is 10.2. The first-order valence-electron chi connectivity index (χ1n) is 11.3. The lowest BCUT2D eigenvalue weighted by Gasteiger charge is -2.33. The molecule has 1 aromatic rings. The van der Waals surface area contributed by atoms with Crippen molar-refractivity contribution in [2.45, 2.75) is 94.1 Å². The van der Waals surface area contributed by atoms with Crippen molar-refractivity contribution in [3.63, 3.8) is 0 Å². The van der Waals surface area contributed by atoms with Gasteiger partial charge in [0.1, 0.15) is 0 Å². The van der Waals surface area contributed by atoms with Crippen LogP contribution in [0.2, 0.25) is 0 Å². The molecule has 0 bridgehead atoms. The summed E-state index contributed by atoms with van der Waals surface area (Å²) in [4.78, 5) is 16.0. The second-order valence-corrected chi connectivity index (χ2v) is 9.92. The molecular formula is C22H33N3O3S. The Morgan fingerprint density at radius 1 is 1.10 bits per heavy atom. The molecule has 0 saturated heterocycles. The van der Waals surface area contributed by atoms with Crippen LogP contribution in [0.3, 0.4) is 0 Å². The lowest BCUT2D eigenvalue weighted by molar-refractivity contribution is -0.524. The summed E-state index contributed by atoms with van der Waals surface area (Å²) in [6.45, 7) is 0.860. The van der Waals surface area contributed by atoms with Crippen LogP contribution in [0.25, 0.3) is 0 Å². The van der Waals surface area contributed by atoms with Crippen molar-refractivity contribution in [2.24, 2.45) is 5.92 Å². The Morgan fingerprint density at radius 2 is 1.90 bits per heavy atom. The monoisotopic (exact) mass is 419 g/mol. The van der Waals surface area contributed by atoms with E-state index in [0.717, 1.165) is 44.4 Å². The summed E-state index contributed by atoms with van der Waals surface area (Å²) in [7, 11) is 0. The van der Waals surface area contributed by atoms with Gasteiger partial charge in [0.25, 0.3) is 0 Å². The summed E-state index contributed by atoms with van der Waals surface area (Å²) in [6, 6.07) is 3.85. The molecule has 0 aliphatic heterocycles. The highest BCUT2D eigenvalue weighted by molar-refractivity contribution is 7.98. The molecule has 4 unspecified atom stereocenters. The number of fused-ring (bicyclic) bond motifs is 1. The minimum absolute atomic E-state index is 0.0474. The van der Waals surface area contributed by atoms with Crippen LogP contribution in [0, 0.1) is 16.0 Å². The summed E-state index contributed by atoms with van der Waals surface area (Å²) >= 11 is 1.57. The van der Waals surface area contributed by atoms with E-state index >= 15 is 0 Å². The first-order valence-corrected chi connectivity index (χ1v) is 12.2. The molecule has 29 heavy (non-hydrogen) atoms. The zero-order valence-electron chi connectivity index (χ0n) is 17.1.